The zero-order chi connectivity index (χ0) is 10.8. The number of hydrogen-bond donors (Lipinski definition) is 0. The van der Waals surface area contributed by atoms with Crippen LogP contribution in [0.5, 0.6) is 0 Å². The molecule has 0 bridgehead atoms. The normalized spacial score (nSPS) is 26.3. The second kappa shape index (κ2) is 4.79. The van der Waals surface area contributed by atoms with Crippen LogP contribution in [0.2, 0.25) is 0 Å². The quantitative estimate of drug-likeness (QED) is 0.781. The number of halogens is 1. The summed E-state index contributed by atoms with van der Waals surface area (Å²) in [6, 6.07) is 8.58. The van der Waals surface area contributed by atoms with Gasteiger partial charge in [-0.05, 0) is 29.9 Å². The zero-order valence-electron chi connectivity index (χ0n) is 8.78. The van der Waals surface area contributed by atoms with E-state index in [1.165, 1.54) is 11.1 Å². The predicted octanol–water partition coefficient (Wildman–Crippen LogP) is 3.06. The molecule has 0 N–H and O–H groups in total. The predicted molar refractivity (Wildman–Crippen MR) is 68.9 cm³/mol. The first-order valence-corrected chi connectivity index (χ1v) is 7.84. The molecular weight excluding hydrogens is 272 g/mol. The summed E-state index contributed by atoms with van der Waals surface area (Å²) >= 11 is 3.75. The van der Waals surface area contributed by atoms with Crippen molar-refractivity contribution in [3.8, 4) is 0 Å². The fourth-order valence-electron chi connectivity index (χ4n) is 2.19. The second-order valence-corrected chi connectivity index (χ2v) is 6.67. The van der Waals surface area contributed by atoms with Gasteiger partial charge in [-0.25, -0.2) is 0 Å². The molecule has 3 heteroatoms. The molecule has 0 saturated heterocycles. The average Bonchev–Trinajstić information content (AvgIpc) is 2.54. The third kappa shape index (κ3) is 2.51. The first-order valence-electron chi connectivity index (χ1n) is 5.20. The Hall–Kier alpha value is -0.150. The molecule has 3 atom stereocenters. The summed E-state index contributed by atoms with van der Waals surface area (Å²) < 4.78 is 11.1. The van der Waals surface area contributed by atoms with E-state index in [9.17, 15) is 4.21 Å². The van der Waals surface area contributed by atoms with Gasteiger partial charge in [0.05, 0.1) is 0 Å². The summed E-state index contributed by atoms with van der Waals surface area (Å²) in [6.45, 7) is 0. The summed E-state index contributed by atoms with van der Waals surface area (Å²) in [5, 5.41) is 0. The molecular formula is C12H15BrOS. The summed E-state index contributed by atoms with van der Waals surface area (Å²) in [5.41, 5.74) is 2.87. The van der Waals surface area contributed by atoms with E-state index in [1.807, 2.05) is 0 Å². The van der Waals surface area contributed by atoms with Gasteiger partial charge in [-0.2, -0.15) is 0 Å². The second-order valence-electron chi connectivity index (χ2n) is 4.13. The Kier molecular flexibility index (Phi) is 3.62. The Balaban J connectivity index is 2.06. The van der Waals surface area contributed by atoms with Crippen LogP contribution in [0.25, 0.3) is 0 Å². The molecule has 1 aromatic carbocycles. The van der Waals surface area contributed by atoms with Gasteiger partial charge in [0, 0.05) is 27.6 Å². The fourth-order valence-corrected chi connectivity index (χ4v) is 3.73. The Bertz CT molecular complexity index is 378. The maximum absolute atomic E-state index is 11.1. The third-order valence-corrected chi connectivity index (χ3v) is 5.08. The van der Waals surface area contributed by atoms with Crippen molar-refractivity contribution in [2.45, 2.75) is 17.7 Å². The van der Waals surface area contributed by atoms with E-state index in [-0.39, 0.29) is 0 Å². The van der Waals surface area contributed by atoms with Crippen LogP contribution in [-0.2, 0) is 17.2 Å². The number of hydrogen-bond acceptors (Lipinski definition) is 1. The summed E-state index contributed by atoms with van der Waals surface area (Å²) in [4.78, 5) is 0.456. The summed E-state index contributed by atoms with van der Waals surface area (Å²) in [6.07, 6.45) is 3.96. The van der Waals surface area contributed by atoms with Gasteiger partial charge in [-0.1, -0.05) is 40.2 Å². The van der Waals surface area contributed by atoms with E-state index in [0.29, 0.717) is 10.7 Å². The van der Waals surface area contributed by atoms with Crippen LogP contribution in [0.4, 0.5) is 0 Å². The maximum Gasteiger partial charge on any atom is 0.0429 e. The van der Waals surface area contributed by atoms with Crippen LogP contribution in [0.3, 0.4) is 0 Å². The Morgan fingerprint density at radius 1 is 1.47 bits per heavy atom. The standard InChI is InChI=1S/C12H15BrOS/c1-15(14)7-6-10-8-9-4-2-3-5-11(9)12(10)13/h2-5,10,12H,6-8H2,1H3. The molecule has 0 aliphatic heterocycles. The molecule has 1 aliphatic rings. The van der Waals surface area contributed by atoms with Crippen LogP contribution in [-0.4, -0.2) is 16.2 Å². The lowest BCUT2D eigenvalue weighted by Gasteiger charge is -2.13. The minimum Gasteiger partial charge on any atom is -0.260 e. The number of alkyl halides is 1. The van der Waals surface area contributed by atoms with Crippen molar-refractivity contribution >= 4 is 26.7 Å². The molecule has 1 aromatic rings. The highest BCUT2D eigenvalue weighted by Crippen LogP contribution is 2.43. The highest BCUT2D eigenvalue weighted by Gasteiger charge is 2.29. The van der Waals surface area contributed by atoms with Gasteiger partial charge in [-0.3, -0.25) is 4.21 Å². The Morgan fingerprint density at radius 2 is 2.20 bits per heavy atom. The van der Waals surface area contributed by atoms with E-state index in [0.717, 1.165) is 18.6 Å². The molecule has 0 fully saturated rings. The summed E-state index contributed by atoms with van der Waals surface area (Å²) in [5.74, 6) is 1.44. The van der Waals surface area contributed by atoms with Gasteiger partial charge in [0.25, 0.3) is 0 Å². The molecule has 0 heterocycles. The van der Waals surface area contributed by atoms with Gasteiger partial charge in [0.1, 0.15) is 0 Å². The van der Waals surface area contributed by atoms with Crippen molar-refractivity contribution in [2.24, 2.45) is 5.92 Å². The van der Waals surface area contributed by atoms with E-state index in [4.69, 9.17) is 0 Å². The van der Waals surface area contributed by atoms with Crippen molar-refractivity contribution in [3.05, 3.63) is 35.4 Å². The minimum absolute atomic E-state index is 0.456. The van der Waals surface area contributed by atoms with Crippen LogP contribution < -0.4 is 0 Å². The van der Waals surface area contributed by atoms with Crippen LogP contribution in [0.15, 0.2) is 24.3 Å². The molecule has 0 radical (unpaired) electrons. The van der Waals surface area contributed by atoms with Crippen molar-refractivity contribution < 1.29 is 4.21 Å². The smallest absolute Gasteiger partial charge is 0.0429 e. The summed E-state index contributed by atoms with van der Waals surface area (Å²) in [7, 11) is -0.663. The molecule has 2 rings (SSSR count). The van der Waals surface area contributed by atoms with Crippen LogP contribution in [0, 0.1) is 5.92 Å². The van der Waals surface area contributed by atoms with Crippen molar-refractivity contribution in [1.82, 2.24) is 0 Å². The molecule has 0 saturated carbocycles. The van der Waals surface area contributed by atoms with Crippen molar-refractivity contribution in [3.63, 3.8) is 0 Å². The van der Waals surface area contributed by atoms with Gasteiger partial charge < -0.3 is 0 Å². The number of rotatable bonds is 3. The highest BCUT2D eigenvalue weighted by atomic mass is 79.9. The lowest BCUT2D eigenvalue weighted by molar-refractivity contribution is 0.539. The maximum atomic E-state index is 11.1. The molecule has 0 spiro atoms. The largest absolute Gasteiger partial charge is 0.260 e. The van der Waals surface area contributed by atoms with Gasteiger partial charge in [0.15, 0.2) is 0 Å². The highest BCUT2D eigenvalue weighted by molar-refractivity contribution is 9.09. The lowest BCUT2D eigenvalue weighted by Crippen LogP contribution is -2.07. The Labute approximate surface area is 102 Å². The van der Waals surface area contributed by atoms with Crippen molar-refractivity contribution in [2.75, 3.05) is 12.0 Å². The van der Waals surface area contributed by atoms with Crippen LogP contribution >= 0.6 is 15.9 Å². The lowest BCUT2D eigenvalue weighted by atomic mass is 10.0. The molecule has 1 nitrogen and oxygen atoms in total. The number of benzene rings is 1. The monoisotopic (exact) mass is 286 g/mol. The molecule has 3 unspecified atom stereocenters. The van der Waals surface area contributed by atoms with E-state index >= 15 is 0 Å². The van der Waals surface area contributed by atoms with Gasteiger partial charge in [0.2, 0.25) is 0 Å². The topological polar surface area (TPSA) is 17.1 Å². The SMILES string of the molecule is CS(=O)CCC1Cc2ccccc2C1Br. The van der Waals surface area contributed by atoms with E-state index in [1.54, 1.807) is 6.26 Å². The average molecular weight is 287 g/mol. The minimum atomic E-state index is -0.663. The Morgan fingerprint density at radius 3 is 2.87 bits per heavy atom. The molecule has 1 aliphatic carbocycles. The van der Waals surface area contributed by atoms with Crippen LogP contribution in [0.1, 0.15) is 22.4 Å². The number of fused-ring (bicyclic) bond motifs is 1. The van der Waals surface area contributed by atoms with Crippen molar-refractivity contribution in [1.29, 1.82) is 0 Å². The molecule has 15 heavy (non-hydrogen) atoms. The van der Waals surface area contributed by atoms with Gasteiger partial charge in [-0.15, -0.1) is 0 Å². The van der Waals surface area contributed by atoms with E-state index in [2.05, 4.69) is 40.2 Å². The third-order valence-electron chi connectivity index (χ3n) is 3.02. The first-order chi connectivity index (χ1) is 7.18. The van der Waals surface area contributed by atoms with E-state index < -0.39 is 10.8 Å². The molecule has 0 amide bonds. The fraction of sp³-hybridized carbons (Fsp3) is 0.500. The zero-order valence-corrected chi connectivity index (χ0v) is 11.2. The molecule has 0 aromatic heterocycles. The molecule has 82 valence electrons. The first kappa shape index (κ1) is 11.3. The van der Waals surface area contributed by atoms with Gasteiger partial charge >= 0.3 is 0 Å².